The lowest BCUT2D eigenvalue weighted by Gasteiger charge is -2.19. The summed E-state index contributed by atoms with van der Waals surface area (Å²) in [6.07, 6.45) is 3.47. The molecule has 0 radical (unpaired) electrons. The van der Waals surface area contributed by atoms with Crippen molar-refractivity contribution in [2.75, 3.05) is 18.4 Å². The first-order valence-electron chi connectivity index (χ1n) is 7.25. The number of amides is 2. The van der Waals surface area contributed by atoms with Gasteiger partial charge in [0.15, 0.2) is 0 Å². The summed E-state index contributed by atoms with van der Waals surface area (Å²) < 4.78 is 0. The van der Waals surface area contributed by atoms with Gasteiger partial charge in [-0.1, -0.05) is 18.6 Å². The maximum atomic E-state index is 12.1. The molecule has 6 heteroatoms. The minimum absolute atomic E-state index is 0.0623. The first-order chi connectivity index (χ1) is 10.2. The van der Waals surface area contributed by atoms with Crippen LogP contribution in [0.5, 0.6) is 0 Å². The third kappa shape index (κ3) is 3.21. The van der Waals surface area contributed by atoms with E-state index in [1.807, 2.05) is 24.3 Å². The molecule has 0 bridgehead atoms. The summed E-state index contributed by atoms with van der Waals surface area (Å²) in [6, 6.07) is 7.57. The monoisotopic (exact) mass is 286 g/mol. The van der Waals surface area contributed by atoms with Crippen molar-refractivity contribution in [2.24, 2.45) is 0 Å². The lowest BCUT2D eigenvalue weighted by Crippen LogP contribution is -2.37. The molecule has 21 heavy (non-hydrogen) atoms. The second-order valence-electron chi connectivity index (χ2n) is 5.28. The van der Waals surface area contributed by atoms with Crippen LogP contribution in [0.25, 0.3) is 11.0 Å². The molecule has 0 spiro atoms. The number of carbonyl (C=O) groups is 2. The second-order valence-corrected chi connectivity index (χ2v) is 5.28. The zero-order valence-corrected chi connectivity index (χ0v) is 11.8. The number of hydrogen-bond acceptors (Lipinski definition) is 3. The number of nitrogens with zero attached hydrogens (tertiary/aromatic N) is 2. The summed E-state index contributed by atoms with van der Waals surface area (Å²) in [5, 5.41) is 2.72. The fourth-order valence-electron chi connectivity index (χ4n) is 2.56. The van der Waals surface area contributed by atoms with E-state index >= 15 is 0 Å². The van der Waals surface area contributed by atoms with E-state index in [0.717, 1.165) is 30.3 Å². The molecule has 2 amide bonds. The average Bonchev–Trinajstić information content (AvgIpc) is 2.76. The van der Waals surface area contributed by atoms with E-state index in [0.29, 0.717) is 18.9 Å². The molecule has 1 aliphatic heterocycles. The van der Waals surface area contributed by atoms with E-state index in [2.05, 4.69) is 15.3 Å². The maximum absolute atomic E-state index is 12.1. The van der Waals surface area contributed by atoms with Crippen LogP contribution in [0, 0.1) is 0 Å². The minimum atomic E-state index is -0.218. The van der Waals surface area contributed by atoms with E-state index in [9.17, 15) is 9.59 Å². The first kappa shape index (κ1) is 13.6. The fourth-order valence-corrected chi connectivity index (χ4v) is 2.56. The zero-order valence-electron chi connectivity index (χ0n) is 11.8. The molecule has 2 N–H and O–H groups in total. The van der Waals surface area contributed by atoms with E-state index < -0.39 is 0 Å². The Morgan fingerprint density at radius 3 is 3.00 bits per heavy atom. The number of H-pyrrole nitrogens is 1. The number of imidazole rings is 1. The van der Waals surface area contributed by atoms with Crippen molar-refractivity contribution in [1.29, 1.82) is 0 Å². The van der Waals surface area contributed by atoms with Gasteiger partial charge in [-0.25, -0.2) is 4.98 Å². The first-order valence-corrected chi connectivity index (χ1v) is 7.25. The van der Waals surface area contributed by atoms with Crippen LogP contribution < -0.4 is 5.32 Å². The molecule has 6 nitrogen and oxygen atoms in total. The molecule has 0 aliphatic carbocycles. The Hall–Kier alpha value is -2.37. The van der Waals surface area contributed by atoms with Gasteiger partial charge in [-0.15, -0.1) is 0 Å². The largest absolute Gasteiger partial charge is 0.333 e. The summed E-state index contributed by atoms with van der Waals surface area (Å²) in [4.78, 5) is 32.9. The molecule has 1 aromatic carbocycles. The highest BCUT2D eigenvalue weighted by Gasteiger charge is 2.19. The van der Waals surface area contributed by atoms with Crippen molar-refractivity contribution in [3.05, 3.63) is 24.3 Å². The van der Waals surface area contributed by atoms with Crippen molar-refractivity contribution < 1.29 is 9.59 Å². The van der Waals surface area contributed by atoms with E-state index in [1.54, 1.807) is 4.90 Å². The highest BCUT2D eigenvalue weighted by atomic mass is 16.2. The van der Waals surface area contributed by atoms with Crippen LogP contribution >= 0.6 is 0 Å². The normalized spacial score (nSPS) is 16.0. The van der Waals surface area contributed by atoms with Crippen LogP contribution in [0.3, 0.4) is 0 Å². The van der Waals surface area contributed by atoms with Gasteiger partial charge in [0.25, 0.3) is 0 Å². The van der Waals surface area contributed by atoms with Gasteiger partial charge in [0, 0.05) is 13.0 Å². The summed E-state index contributed by atoms with van der Waals surface area (Å²) in [7, 11) is 0. The number of rotatable bonds is 3. The summed E-state index contributed by atoms with van der Waals surface area (Å²) in [5.74, 6) is 0.264. The number of aromatic nitrogens is 2. The van der Waals surface area contributed by atoms with Gasteiger partial charge in [-0.2, -0.15) is 0 Å². The quantitative estimate of drug-likeness (QED) is 0.904. The molecule has 1 aromatic heterocycles. The van der Waals surface area contributed by atoms with Gasteiger partial charge in [-0.05, 0) is 25.0 Å². The molecular formula is C15H18N4O2. The standard InChI is InChI=1S/C15H18N4O2/c20-13(10-19-9-5-1-2-8-14(19)21)18-15-16-11-6-3-4-7-12(11)17-15/h3-4,6-7H,1-2,5,8-10H2,(H2,16,17,18,20). The second kappa shape index (κ2) is 5.95. The number of hydrogen-bond donors (Lipinski definition) is 2. The van der Waals surface area contributed by atoms with Crippen molar-refractivity contribution in [3.63, 3.8) is 0 Å². The van der Waals surface area contributed by atoms with Gasteiger partial charge in [0.05, 0.1) is 17.6 Å². The van der Waals surface area contributed by atoms with Crippen molar-refractivity contribution >= 4 is 28.8 Å². The van der Waals surface area contributed by atoms with E-state index in [1.165, 1.54) is 0 Å². The lowest BCUT2D eigenvalue weighted by atomic mass is 10.2. The Balaban J connectivity index is 1.64. The number of para-hydroxylation sites is 2. The Morgan fingerprint density at radius 1 is 1.29 bits per heavy atom. The average molecular weight is 286 g/mol. The van der Waals surface area contributed by atoms with Crippen LogP contribution in [0.1, 0.15) is 25.7 Å². The number of aromatic amines is 1. The number of nitrogens with one attached hydrogen (secondary N) is 2. The van der Waals surface area contributed by atoms with E-state index in [-0.39, 0.29) is 18.4 Å². The van der Waals surface area contributed by atoms with Crippen LogP contribution in [-0.4, -0.2) is 39.8 Å². The molecule has 0 unspecified atom stereocenters. The maximum Gasteiger partial charge on any atom is 0.246 e. The third-order valence-corrected chi connectivity index (χ3v) is 3.65. The Labute approximate surface area is 122 Å². The highest BCUT2D eigenvalue weighted by Crippen LogP contribution is 2.14. The number of benzene rings is 1. The van der Waals surface area contributed by atoms with Crippen LogP contribution in [0.4, 0.5) is 5.95 Å². The van der Waals surface area contributed by atoms with Crippen molar-refractivity contribution in [2.45, 2.75) is 25.7 Å². The topological polar surface area (TPSA) is 78.1 Å². The molecule has 1 saturated heterocycles. The van der Waals surface area contributed by atoms with Gasteiger partial charge in [0.2, 0.25) is 17.8 Å². The predicted octanol–water partition coefficient (Wildman–Crippen LogP) is 1.90. The van der Waals surface area contributed by atoms with Crippen molar-refractivity contribution in [1.82, 2.24) is 14.9 Å². The Morgan fingerprint density at radius 2 is 2.14 bits per heavy atom. The third-order valence-electron chi connectivity index (χ3n) is 3.65. The lowest BCUT2D eigenvalue weighted by molar-refractivity contribution is -0.134. The molecule has 2 aromatic rings. The minimum Gasteiger partial charge on any atom is -0.333 e. The summed E-state index contributed by atoms with van der Waals surface area (Å²) in [6.45, 7) is 0.752. The molecule has 1 aliphatic rings. The van der Waals surface area contributed by atoms with E-state index in [4.69, 9.17) is 0 Å². The van der Waals surface area contributed by atoms with Gasteiger partial charge < -0.3 is 9.88 Å². The fraction of sp³-hybridized carbons (Fsp3) is 0.400. The van der Waals surface area contributed by atoms with Gasteiger partial charge >= 0.3 is 0 Å². The van der Waals surface area contributed by atoms with Gasteiger partial charge in [0.1, 0.15) is 0 Å². The molecule has 0 saturated carbocycles. The smallest absolute Gasteiger partial charge is 0.246 e. The number of carbonyl (C=O) groups excluding carboxylic acids is 2. The SMILES string of the molecule is O=C(CN1CCCCCC1=O)Nc1nc2ccccc2[nH]1. The Kier molecular flexibility index (Phi) is 3.85. The van der Waals surface area contributed by atoms with Gasteiger partial charge in [-0.3, -0.25) is 14.9 Å². The molecule has 1 fully saturated rings. The molecule has 2 heterocycles. The summed E-state index contributed by atoms with van der Waals surface area (Å²) in [5.41, 5.74) is 1.68. The highest BCUT2D eigenvalue weighted by molar-refractivity contribution is 5.94. The predicted molar refractivity (Wildman–Crippen MR) is 79.8 cm³/mol. The van der Waals surface area contributed by atoms with Crippen LogP contribution in [-0.2, 0) is 9.59 Å². The molecule has 110 valence electrons. The molecule has 3 rings (SSSR count). The number of anilines is 1. The zero-order chi connectivity index (χ0) is 14.7. The van der Waals surface area contributed by atoms with Crippen LogP contribution in [0.2, 0.25) is 0 Å². The van der Waals surface area contributed by atoms with Crippen LogP contribution in [0.15, 0.2) is 24.3 Å². The van der Waals surface area contributed by atoms with Crippen molar-refractivity contribution in [3.8, 4) is 0 Å². The Bertz CT molecular complexity index is 631. The molecular weight excluding hydrogens is 268 g/mol. The molecule has 0 atom stereocenters. The number of fused-ring (bicyclic) bond motifs is 1. The summed E-state index contributed by atoms with van der Waals surface area (Å²) >= 11 is 0. The number of likely N-dealkylation sites (tertiary alicyclic amines) is 1.